The third kappa shape index (κ3) is 5.21. The molecule has 2 aromatic heterocycles. The van der Waals surface area contributed by atoms with Crippen LogP contribution >= 0.6 is 34.8 Å². The lowest BCUT2D eigenvalue weighted by atomic mass is 9.77. The zero-order valence-electron chi connectivity index (χ0n) is 20.3. The van der Waals surface area contributed by atoms with E-state index in [-0.39, 0.29) is 12.3 Å². The summed E-state index contributed by atoms with van der Waals surface area (Å²) in [5.41, 5.74) is 2.80. The van der Waals surface area contributed by atoms with Crippen molar-refractivity contribution in [2.45, 2.75) is 43.6 Å². The number of carboxylic acids is 1. The molecule has 2 aromatic carbocycles. The average Bonchev–Trinajstić information content (AvgIpc) is 3.40. The topological polar surface area (TPSA) is 92.2 Å². The van der Waals surface area contributed by atoms with Crippen LogP contribution in [0.1, 0.15) is 36.8 Å². The highest BCUT2D eigenvalue weighted by molar-refractivity contribution is 6.38. The lowest BCUT2D eigenvalue weighted by Crippen LogP contribution is -2.50. The van der Waals surface area contributed by atoms with Gasteiger partial charge in [0.05, 0.1) is 26.7 Å². The number of amides is 1. The smallest absolute Gasteiger partial charge is 0.326 e. The second kappa shape index (κ2) is 10.9. The molecule has 194 valence electrons. The van der Waals surface area contributed by atoms with E-state index in [1.165, 1.54) is 12.4 Å². The molecular weight excluding hydrogens is 545 g/mol. The lowest BCUT2D eigenvalue weighted by Gasteiger charge is -2.30. The Balaban J connectivity index is 1.38. The molecule has 4 aromatic rings. The third-order valence-electron chi connectivity index (χ3n) is 7.19. The minimum absolute atomic E-state index is 0.136. The molecule has 2 N–H and O–H groups in total. The molecule has 0 saturated heterocycles. The highest BCUT2D eigenvalue weighted by Crippen LogP contribution is 2.42. The van der Waals surface area contributed by atoms with Gasteiger partial charge < -0.3 is 10.4 Å². The van der Waals surface area contributed by atoms with Gasteiger partial charge >= 0.3 is 5.97 Å². The number of carboxylic acid groups (broad SMARTS) is 1. The molecule has 1 amide bonds. The largest absolute Gasteiger partial charge is 0.480 e. The lowest BCUT2D eigenvalue weighted by molar-refractivity contribution is -0.142. The molecule has 0 unspecified atom stereocenters. The Labute approximate surface area is 235 Å². The van der Waals surface area contributed by atoms with Crippen molar-refractivity contribution in [3.8, 4) is 11.3 Å². The molecule has 38 heavy (non-hydrogen) atoms. The first-order valence-corrected chi connectivity index (χ1v) is 13.4. The maximum absolute atomic E-state index is 13.6. The second-order valence-electron chi connectivity index (χ2n) is 9.57. The minimum atomic E-state index is -1.09. The van der Waals surface area contributed by atoms with Gasteiger partial charge in [-0.3, -0.25) is 9.78 Å². The summed E-state index contributed by atoms with van der Waals surface area (Å²) in [7, 11) is 0. The number of hydrogen-bond donors (Lipinski definition) is 2. The highest BCUT2D eigenvalue weighted by atomic mass is 35.5. The summed E-state index contributed by atoms with van der Waals surface area (Å²) in [5.74, 6) is -1.35. The normalized spacial score (nSPS) is 15.3. The van der Waals surface area contributed by atoms with E-state index in [1.807, 2.05) is 42.5 Å². The van der Waals surface area contributed by atoms with Gasteiger partial charge in [0.1, 0.15) is 6.04 Å². The van der Waals surface area contributed by atoms with Crippen molar-refractivity contribution in [2.75, 3.05) is 0 Å². The molecule has 1 saturated carbocycles. The van der Waals surface area contributed by atoms with Crippen LogP contribution < -0.4 is 5.32 Å². The molecular formula is C29H24Cl3N3O3. The predicted octanol–water partition coefficient (Wildman–Crippen LogP) is 6.88. The Morgan fingerprint density at radius 3 is 2.29 bits per heavy atom. The summed E-state index contributed by atoms with van der Waals surface area (Å²) in [6.07, 6.45) is 6.32. The van der Waals surface area contributed by atoms with Crippen LogP contribution in [-0.2, 0) is 21.4 Å². The zero-order chi connectivity index (χ0) is 26.9. The zero-order valence-corrected chi connectivity index (χ0v) is 22.5. The molecule has 9 heteroatoms. The summed E-state index contributed by atoms with van der Waals surface area (Å²) in [6.45, 7) is 0. The van der Waals surface area contributed by atoms with Crippen molar-refractivity contribution < 1.29 is 14.7 Å². The number of carbonyl (C=O) groups is 2. The van der Waals surface area contributed by atoms with E-state index in [1.54, 1.807) is 12.1 Å². The van der Waals surface area contributed by atoms with Crippen LogP contribution in [0.3, 0.4) is 0 Å². The van der Waals surface area contributed by atoms with E-state index >= 15 is 0 Å². The van der Waals surface area contributed by atoms with Gasteiger partial charge in [0.15, 0.2) is 0 Å². The fourth-order valence-electron chi connectivity index (χ4n) is 5.22. The van der Waals surface area contributed by atoms with Crippen LogP contribution in [0.15, 0.2) is 67.0 Å². The molecule has 5 rings (SSSR count). The van der Waals surface area contributed by atoms with E-state index in [9.17, 15) is 14.7 Å². The standard InChI is InChI=1S/C29H24Cl3N3O3/c30-20-7-5-19(6-8-20)29(11-1-2-12-29)28(38)35-25(27(36)37)14-17-3-9-23-18(13-17)4-10-24(34-23)26-21(31)15-33-16-22(26)32/h3-10,13,15-16,25H,1-2,11-12,14H2,(H,35,38)(H,36,37)/t25-/m0/s1. The van der Waals surface area contributed by atoms with Crippen LogP contribution in [0.25, 0.3) is 22.2 Å². The summed E-state index contributed by atoms with van der Waals surface area (Å²) in [5, 5.41) is 15.0. The number of halogens is 3. The summed E-state index contributed by atoms with van der Waals surface area (Å²) in [4.78, 5) is 34.4. The number of benzene rings is 2. The molecule has 1 fully saturated rings. The van der Waals surface area contributed by atoms with Crippen LogP contribution in [-0.4, -0.2) is 33.0 Å². The Bertz CT molecular complexity index is 1500. The number of nitrogens with zero attached hydrogens (tertiary/aromatic N) is 2. The van der Waals surface area contributed by atoms with Crippen molar-refractivity contribution in [3.05, 3.63) is 93.2 Å². The number of aliphatic carboxylic acids is 1. The monoisotopic (exact) mass is 567 g/mol. The fraction of sp³-hybridized carbons (Fsp3) is 0.241. The second-order valence-corrected chi connectivity index (χ2v) is 10.8. The van der Waals surface area contributed by atoms with Crippen molar-refractivity contribution in [1.29, 1.82) is 0 Å². The van der Waals surface area contributed by atoms with E-state index in [4.69, 9.17) is 34.8 Å². The van der Waals surface area contributed by atoms with E-state index in [0.717, 1.165) is 29.4 Å². The Kier molecular flexibility index (Phi) is 7.57. The molecule has 0 radical (unpaired) electrons. The van der Waals surface area contributed by atoms with Gasteiger partial charge in [0.25, 0.3) is 0 Å². The number of rotatable bonds is 7. The van der Waals surface area contributed by atoms with Crippen LogP contribution in [0.4, 0.5) is 0 Å². The average molecular weight is 569 g/mol. The maximum atomic E-state index is 13.6. The predicted molar refractivity (Wildman–Crippen MR) is 150 cm³/mol. The number of nitrogens with one attached hydrogen (secondary N) is 1. The summed E-state index contributed by atoms with van der Waals surface area (Å²) >= 11 is 18.6. The maximum Gasteiger partial charge on any atom is 0.326 e. The van der Waals surface area contributed by atoms with E-state index < -0.39 is 17.4 Å². The summed E-state index contributed by atoms with van der Waals surface area (Å²) in [6, 6.07) is 15.4. The molecule has 0 bridgehead atoms. The highest BCUT2D eigenvalue weighted by Gasteiger charge is 2.43. The van der Waals surface area contributed by atoms with Crippen molar-refractivity contribution in [1.82, 2.24) is 15.3 Å². The quantitative estimate of drug-likeness (QED) is 0.253. The Hall–Kier alpha value is -3.19. The first-order chi connectivity index (χ1) is 18.3. The number of aromatic nitrogens is 2. The molecule has 0 aliphatic heterocycles. The van der Waals surface area contributed by atoms with Crippen LogP contribution in [0.5, 0.6) is 0 Å². The van der Waals surface area contributed by atoms with Gasteiger partial charge in [0, 0.05) is 34.8 Å². The number of carbonyl (C=O) groups excluding carboxylic acids is 1. The third-order valence-corrected chi connectivity index (χ3v) is 8.02. The van der Waals surface area contributed by atoms with Gasteiger partial charge in [-0.15, -0.1) is 0 Å². The molecule has 2 heterocycles. The Morgan fingerprint density at radius 1 is 0.947 bits per heavy atom. The van der Waals surface area contributed by atoms with Gasteiger partial charge in [-0.2, -0.15) is 0 Å². The Morgan fingerprint density at radius 2 is 1.63 bits per heavy atom. The van der Waals surface area contributed by atoms with Crippen molar-refractivity contribution >= 4 is 57.6 Å². The number of pyridine rings is 2. The number of fused-ring (bicyclic) bond motifs is 1. The van der Waals surface area contributed by atoms with Crippen molar-refractivity contribution in [3.63, 3.8) is 0 Å². The fourth-order valence-corrected chi connectivity index (χ4v) is 5.91. The number of hydrogen-bond acceptors (Lipinski definition) is 4. The minimum Gasteiger partial charge on any atom is -0.480 e. The van der Waals surface area contributed by atoms with Gasteiger partial charge in [-0.05, 0) is 54.3 Å². The van der Waals surface area contributed by atoms with Gasteiger partial charge in [-0.25, -0.2) is 9.78 Å². The van der Waals surface area contributed by atoms with E-state index in [2.05, 4.69) is 15.3 Å². The van der Waals surface area contributed by atoms with E-state index in [0.29, 0.717) is 44.7 Å². The molecule has 1 aliphatic carbocycles. The van der Waals surface area contributed by atoms with Crippen molar-refractivity contribution in [2.24, 2.45) is 0 Å². The first-order valence-electron chi connectivity index (χ1n) is 12.3. The van der Waals surface area contributed by atoms with Crippen LogP contribution in [0, 0.1) is 0 Å². The van der Waals surface area contributed by atoms with Gasteiger partial charge in [0.2, 0.25) is 5.91 Å². The molecule has 1 aliphatic rings. The summed E-state index contributed by atoms with van der Waals surface area (Å²) < 4.78 is 0. The molecule has 1 atom stereocenters. The molecule has 0 spiro atoms. The van der Waals surface area contributed by atoms with Gasteiger partial charge in [-0.1, -0.05) is 71.9 Å². The van der Waals surface area contributed by atoms with Crippen LogP contribution in [0.2, 0.25) is 15.1 Å². The molecule has 6 nitrogen and oxygen atoms in total. The SMILES string of the molecule is O=C(O)[C@H](Cc1ccc2nc(-c3c(Cl)cncc3Cl)ccc2c1)NC(=O)C1(c2ccc(Cl)cc2)CCCC1. The first kappa shape index (κ1) is 26.4.